The molecule has 1 atom stereocenters. The maximum absolute atomic E-state index is 13.2. The average Bonchev–Trinajstić information content (AvgIpc) is 2.89. The summed E-state index contributed by atoms with van der Waals surface area (Å²) < 4.78 is 34.3. The molecule has 0 fully saturated rings. The van der Waals surface area contributed by atoms with Gasteiger partial charge >= 0.3 is 5.97 Å². The molecule has 0 heterocycles. The standard InChI is InChI=1S/C31H38N2O5S/c1-5-6-8-11-23-14-16-25(17-15-23)29(34)32-26-18-20-27(21-19-26)39(36,37)33-28(30(35)38-31(2,3)4)22-24-12-9-7-10-13-24/h7,9-10,12-21,28,33H,5-6,8,11,22H2,1-4H3,(H,32,34). The van der Waals surface area contributed by atoms with Crippen molar-refractivity contribution >= 4 is 27.6 Å². The normalized spacial score (nSPS) is 12.5. The van der Waals surface area contributed by atoms with Crippen LogP contribution in [-0.2, 0) is 32.4 Å². The van der Waals surface area contributed by atoms with Crippen molar-refractivity contribution in [2.45, 2.75) is 76.3 Å². The molecule has 2 N–H and O–H groups in total. The van der Waals surface area contributed by atoms with Crippen LogP contribution in [-0.4, -0.2) is 31.9 Å². The Morgan fingerprint density at radius 2 is 1.49 bits per heavy atom. The fourth-order valence-corrected chi connectivity index (χ4v) is 5.16. The highest BCUT2D eigenvalue weighted by molar-refractivity contribution is 7.89. The number of nitrogens with one attached hydrogen (secondary N) is 2. The second-order valence-corrected chi connectivity index (χ2v) is 12.2. The molecule has 8 heteroatoms. The highest BCUT2D eigenvalue weighted by Gasteiger charge is 2.30. The first-order valence-corrected chi connectivity index (χ1v) is 14.7. The van der Waals surface area contributed by atoms with Crippen LogP contribution in [0.3, 0.4) is 0 Å². The van der Waals surface area contributed by atoms with E-state index in [0.717, 1.165) is 24.8 Å². The summed E-state index contributed by atoms with van der Waals surface area (Å²) in [6.45, 7) is 7.36. The smallest absolute Gasteiger partial charge is 0.325 e. The highest BCUT2D eigenvalue weighted by atomic mass is 32.2. The zero-order valence-corrected chi connectivity index (χ0v) is 23.9. The Morgan fingerprint density at radius 3 is 2.08 bits per heavy atom. The number of carbonyl (C=O) groups is 2. The fraction of sp³-hybridized carbons (Fsp3) is 0.355. The third-order valence-corrected chi connectivity index (χ3v) is 7.47. The fourth-order valence-electron chi connectivity index (χ4n) is 3.97. The zero-order valence-electron chi connectivity index (χ0n) is 23.1. The SMILES string of the molecule is CCCCCc1ccc(C(=O)Nc2ccc(S(=O)(=O)NC(Cc3ccccc3)C(=O)OC(C)(C)C)cc2)cc1. The minimum absolute atomic E-state index is 0.0291. The predicted molar refractivity (Wildman–Crippen MR) is 154 cm³/mol. The molecule has 39 heavy (non-hydrogen) atoms. The van der Waals surface area contributed by atoms with Crippen molar-refractivity contribution in [3.63, 3.8) is 0 Å². The zero-order chi connectivity index (χ0) is 28.5. The topological polar surface area (TPSA) is 102 Å². The molecule has 0 aliphatic carbocycles. The number of sulfonamides is 1. The number of amides is 1. The Morgan fingerprint density at radius 1 is 0.846 bits per heavy atom. The number of ether oxygens (including phenoxy) is 1. The molecule has 1 amide bonds. The third-order valence-electron chi connectivity index (χ3n) is 5.98. The molecule has 0 spiro atoms. The average molecular weight is 551 g/mol. The molecule has 0 bridgehead atoms. The van der Waals surface area contributed by atoms with Gasteiger partial charge < -0.3 is 10.1 Å². The van der Waals surface area contributed by atoms with Crippen LogP contribution in [0.15, 0.2) is 83.8 Å². The molecule has 7 nitrogen and oxygen atoms in total. The lowest BCUT2D eigenvalue weighted by Gasteiger charge is -2.24. The van der Waals surface area contributed by atoms with Gasteiger partial charge in [0.25, 0.3) is 5.91 Å². The minimum Gasteiger partial charge on any atom is -0.459 e. The minimum atomic E-state index is -4.06. The number of benzene rings is 3. The molecular formula is C31H38N2O5S. The van der Waals surface area contributed by atoms with Crippen LogP contribution in [0.2, 0.25) is 0 Å². The van der Waals surface area contributed by atoms with E-state index in [9.17, 15) is 18.0 Å². The summed E-state index contributed by atoms with van der Waals surface area (Å²) in [5.74, 6) is -0.938. The van der Waals surface area contributed by atoms with Gasteiger partial charge in [-0.05, 0) is 87.6 Å². The summed E-state index contributed by atoms with van der Waals surface area (Å²) in [5.41, 5.74) is 2.20. The van der Waals surface area contributed by atoms with Crippen LogP contribution in [0.4, 0.5) is 5.69 Å². The van der Waals surface area contributed by atoms with E-state index in [1.165, 1.54) is 36.2 Å². The van der Waals surface area contributed by atoms with E-state index in [2.05, 4.69) is 17.0 Å². The second kappa shape index (κ2) is 13.5. The molecule has 3 aromatic rings. The molecule has 0 radical (unpaired) electrons. The Labute approximate surface area is 232 Å². The molecule has 0 saturated heterocycles. The first kappa shape index (κ1) is 30.1. The number of hydrogen-bond acceptors (Lipinski definition) is 5. The first-order valence-electron chi connectivity index (χ1n) is 13.3. The molecule has 0 aromatic heterocycles. The highest BCUT2D eigenvalue weighted by Crippen LogP contribution is 2.18. The van der Waals surface area contributed by atoms with Crippen molar-refractivity contribution in [1.29, 1.82) is 0 Å². The van der Waals surface area contributed by atoms with Gasteiger partial charge in [-0.25, -0.2) is 8.42 Å². The Balaban J connectivity index is 1.68. The Kier molecular flexibility index (Phi) is 10.4. The number of esters is 1. The van der Waals surface area contributed by atoms with Crippen LogP contribution in [0, 0.1) is 0 Å². The Hall–Kier alpha value is -3.49. The summed E-state index contributed by atoms with van der Waals surface area (Å²) in [7, 11) is -4.06. The van der Waals surface area contributed by atoms with E-state index in [-0.39, 0.29) is 17.2 Å². The van der Waals surface area contributed by atoms with Gasteiger partial charge in [-0.1, -0.05) is 62.2 Å². The number of carbonyl (C=O) groups excluding carboxylic acids is 2. The third kappa shape index (κ3) is 9.64. The molecule has 0 aliphatic rings. The van der Waals surface area contributed by atoms with Crippen molar-refractivity contribution in [1.82, 2.24) is 4.72 Å². The summed E-state index contributed by atoms with van der Waals surface area (Å²) in [6, 6.07) is 21.4. The summed E-state index contributed by atoms with van der Waals surface area (Å²) in [6.07, 6.45) is 4.59. The van der Waals surface area contributed by atoms with Crippen molar-refractivity contribution in [3.8, 4) is 0 Å². The van der Waals surface area contributed by atoms with Gasteiger partial charge in [0, 0.05) is 11.3 Å². The summed E-state index contributed by atoms with van der Waals surface area (Å²) >= 11 is 0. The summed E-state index contributed by atoms with van der Waals surface area (Å²) in [4.78, 5) is 25.5. The van der Waals surface area contributed by atoms with Gasteiger partial charge in [0.05, 0.1) is 4.90 Å². The van der Waals surface area contributed by atoms with Gasteiger partial charge in [-0.3, -0.25) is 9.59 Å². The number of aryl methyl sites for hydroxylation is 1. The van der Waals surface area contributed by atoms with E-state index >= 15 is 0 Å². The van der Waals surface area contributed by atoms with Crippen molar-refractivity contribution in [2.75, 3.05) is 5.32 Å². The predicted octanol–water partition coefficient (Wildman–Crippen LogP) is 5.90. The number of hydrogen-bond donors (Lipinski definition) is 2. The van der Waals surface area contributed by atoms with E-state index in [0.29, 0.717) is 11.3 Å². The second-order valence-electron chi connectivity index (χ2n) is 10.5. The van der Waals surface area contributed by atoms with Gasteiger partial charge in [0.2, 0.25) is 10.0 Å². The summed E-state index contributed by atoms with van der Waals surface area (Å²) in [5, 5.41) is 2.80. The molecule has 3 rings (SSSR count). The maximum Gasteiger partial charge on any atom is 0.325 e. The largest absolute Gasteiger partial charge is 0.459 e. The van der Waals surface area contributed by atoms with E-state index in [1.54, 1.807) is 32.9 Å². The van der Waals surface area contributed by atoms with Crippen molar-refractivity contribution < 1.29 is 22.7 Å². The maximum atomic E-state index is 13.2. The lowest BCUT2D eigenvalue weighted by molar-refractivity contribution is -0.156. The molecule has 208 valence electrons. The number of rotatable bonds is 12. The van der Waals surface area contributed by atoms with E-state index in [1.807, 2.05) is 42.5 Å². The molecule has 0 aliphatic heterocycles. The number of unbranched alkanes of at least 4 members (excludes halogenated alkanes) is 2. The van der Waals surface area contributed by atoms with Crippen LogP contribution in [0.1, 0.15) is 68.4 Å². The molecular weight excluding hydrogens is 512 g/mol. The first-order chi connectivity index (χ1) is 18.5. The quantitative estimate of drug-likeness (QED) is 0.216. The van der Waals surface area contributed by atoms with E-state index in [4.69, 9.17) is 4.74 Å². The molecule has 1 unspecified atom stereocenters. The van der Waals surface area contributed by atoms with Crippen LogP contribution in [0.25, 0.3) is 0 Å². The van der Waals surface area contributed by atoms with Gasteiger partial charge in [-0.15, -0.1) is 0 Å². The Bertz CT molecular complexity index is 1330. The lowest BCUT2D eigenvalue weighted by atomic mass is 10.1. The van der Waals surface area contributed by atoms with Gasteiger partial charge in [0.15, 0.2) is 0 Å². The number of anilines is 1. The monoisotopic (exact) mass is 550 g/mol. The van der Waals surface area contributed by atoms with Crippen LogP contribution < -0.4 is 10.0 Å². The van der Waals surface area contributed by atoms with Crippen molar-refractivity contribution in [3.05, 3.63) is 95.6 Å². The molecule has 3 aromatic carbocycles. The van der Waals surface area contributed by atoms with E-state index < -0.39 is 27.6 Å². The van der Waals surface area contributed by atoms with Crippen LogP contribution in [0.5, 0.6) is 0 Å². The lowest BCUT2D eigenvalue weighted by Crippen LogP contribution is -2.45. The van der Waals surface area contributed by atoms with Gasteiger partial charge in [-0.2, -0.15) is 4.72 Å². The van der Waals surface area contributed by atoms with Gasteiger partial charge in [0.1, 0.15) is 11.6 Å². The molecule has 0 saturated carbocycles. The van der Waals surface area contributed by atoms with Crippen molar-refractivity contribution in [2.24, 2.45) is 0 Å². The van der Waals surface area contributed by atoms with Crippen LogP contribution >= 0.6 is 0 Å².